The number of halogens is 1. The van der Waals surface area contributed by atoms with Gasteiger partial charge in [0.1, 0.15) is 17.1 Å². The van der Waals surface area contributed by atoms with Crippen molar-refractivity contribution in [3.8, 4) is 5.75 Å². The van der Waals surface area contributed by atoms with Gasteiger partial charge in [0.25, 0.3) is 5.91 Å². The summed E-state index contributed by atoms with van der Waals surface area (Å²) in [6, 6.07) is 3.53. The van der Waals surface area contributed by atoms with E-state index < -0.39 is 11.7 Å². The molecule has 0 spiro atoms. The SMILES string of the molecule is CC(CN)N(C)C(=O)c1c(O)cccc1F. The molecule has 4 nitrogen and oxygen atoms in total. The van der Waals surface area contributed by atoms with E-state index in [0.717, 1.165) is 6.07 Å². The average molecular weight is 226 g/mol. The number of rotatable bonds is 3. The van der Waals surface area contributed by atoms with E-state index in [2.05, 4.69) is 0 Å². The molecule has 0 aliphatic heterocycles. The van der Waals surface area contributed by atoms with Crippen LogP contribution in [0.3, 0.4) is 0 Å². The molecule has 1 rings (SSSR count). The number of hydrogen-bond acceptors (Lipinski definition) is 3. The third kappa shape index (κ3) is 2.30. The standard InChI is InChI=1S/C11H15FN2O2/c1-7(6-13)14(2)11(16)10-8(12)4-3-5-9(10)15/h3-5,7,15H,6,13H2,1-2H3. The summed E-state index contributed by atoms with van der Waals surface area (Å²) in [7, 11) is 1.52. The maximum atomic E-state index is 13.4. The highest BCUT2D eigenvalue weighted by atomic mass is 19.1. The largest absolute Gasteiger partial charge is 0.507 e. The van der Waals surface area contributed by atoms with E-state index in [9.17, 15) is 14.3 Å². The summed E-state index contributed by atoms with van der Waals surface area (Å²) in [4.78, 5) is 13.2. The Hall–Kier alpha value is -1.62. The molecule has 0 bridgehead atoms. The molecule has 1 aromatic rings. The zero-order chi connectivity index (χ0) is 12.3. The van der Waals surface area contributed by atoms with Gasteiger partial charge in [-0.2, -0.15) is 0 Å². The van der Waals surface area contributed by atoms with Crippen LogP contribution in [0.25, 0.3) is 0 Å². The quantitative estimate of drug-likeness (QED) is 0.806. The van der Waals surface area contributed by atoms with E-state index in [1.54, 1.807) is 6.92 Å². The zero-order valence-electron chi connectivity index (χ0n) is 9.27. The van der Waals surface area contributed by atoms with Gasteiger partial charge in [-0.15, -0.1) is 0 Å². The van der Waals surface area contributed by atoms with Gasteiger partial charge in [0, 0.05) is 19.6 Å². The molecule has 0 saturated heterocycles. The van der Waals surface area contributed by atoms with Gasteiger partial charge in [0.2, 0.25) is 0 Å². The molecule has 0 radical (unpaired) electrons. The molecule has 0 aliphatic carbocycles. The van der Waals surface area contributed by atoms with Gasteiger partial charge in [-0.25, -0.2) is 4.39 Å². The Morgan fingerprint density at radius 1 is 1.62 bits per heavy atom. The van der Waals surface area contributed by atoms with Crippen LogP contribution in [-0.2, 0) is 0 Å². The third-order valence-corrected chi connectivity index (χ3v) is 2.53. The number of phenols is 1. The zero-order valence-corrected chi connectivity index (χ0v) is 9.27. The fourth-order valence-corrected chi connectivity index (χ4v) is 1.26. The molecule has 0 aromatic heterocycles. The van der Waals surface area contributed by atoms with Crippen molar-refractivity contribution in [1.29, 1.82) is 0 Å². The van der Waals surface area contributed by atoms with E-state index in [4.69, 9.17) is 5.73 Å². The molecular weight excluding hydrogens is 211 g/mol. The number of hydrogen-bond donors (Lipinski definition) is 2. The van der Waals surface area contributed by atoms with Crippen molar-refractivity contribution in [2.75, 3.05) is 13.6 Å². The minimum absolute atomic E-state index is 0.216. The van der Waals surface area contributed by atoms with Crippen LogP contribution in [0.1, 0.15) is 17.3 Å². The van der Waals surface area contributed by atoms with Gasteiger partial charge in [-0.05, 0) is 19.1 Å². The number of carbonyl (C=O) groups is 1. The molecule has 0 aliphatic rings. The summed E-state index contributed by atoms with van der Waals surface area (Å²) in [5.41, 5.74) is 5.10. The van der Waals surface area contributed by atoms with E-state index in [1.807, 2.05) is 0 Å². The fourth-order valence-electron chi connectivity index (χ4n) is 1.26. The van der Waals surface area contributed by atoms with Gasteiger partial charge in [-0.3, -0.25) is 4.79 Å². The van der Waals surface area contributed by atoms with Crippen LogP contribution in [-0.4, -0.2) is 35.5 Å². The van der Waals surface area contributed by atoms with Gasteiger partial charge in [0.15, 0.2) is 0 Å². The first-order valence-corrected chi connectivity index (χ1v) is 4.93. The number of phenolic OH excluding ortho intramolecular Hbond substituents is 1. The van der Waals surface area contributed by atoms with E-state index in [1.165, 1.54) is 24.1 Å². The summed E-state index contributed by atoms with van der Waals surface area (Å²) >= 11 is 0. The van der Waals surface area contributed by atoms with Crippen molar-refractivity contribution in [3.05, 3.63) is 29.6 Å². The van der Waals surface area contributed by atoms with Gasteiger partial charge in [0.05, 0.1) is 0 Å². The molecule has 1 atom stereocenters. The van der Waals surface area contributed by atoms with Crippen LogP contribution in [0.4, 0.5) is 4.39 Å². The number of nitrogens with zero attached hydrogens (tertiary/aromatic N) is 1. The minimum atomic E-state index is -0.735. The second-order valence-corrected chi connectivity index (χ2v) is 3.63. The van der Waals surface area contributed by atoms with Crippen LogP contribution in [0.15, 0.2) is 18.2 Å². The minimum Gasteiger partial charge on any atom is -0.507 e. The number of benzene rings is 1. The van der Waals surface area contributed by atoms with Crippen LogP contribution < -0.4 is 5.73 Å². The molecule has 3 N–H and O–H groups in total. The molecule has 0 heterocycles. The number of amides is 1. The van der Waals surface area contributed by atoms with Crippen LogP contribution in [0.5, 0.6) is 5.75 Å². The van der Waals surface area contributed by atoms with E-state index >= 15 is 0 Å². The average Bonchev–Trinajstić information content (AvgIpc) is 2.26. The normalized spacial score (nSPS) is 12.2. The Morgan fingerprint density at radius 2 is 2.25 bits per heavy atom. The number of likely N-dealkylation sites (N-methyl/N-ethyl adjacent to an activating group) is 1. The van der Waals surface area contributed by atoms with Crippen LogP contribution in [0.2, 0.25) is 0 Å². The molecule has 1 aromatic carbocycles. The smallest absolute Gasteiger partial charge is 0.260 e. The Bertz CT molecular complexity index is 375. The van der Waals surface area contributed by atoms with Crippen LogP contribution >= 0.6 is 0 Å². The van der Waals surface area contributed by atoms with Gasteiger partial charge >= 0.3 is 0 Å². The molecule has 88 valence electrons. The fraction of sp³-hybridized carbons (Fsp3) is 0.364. The first-order chi connectivity index (χ1) is 7.49. The highest BCUT2D eigenvalue weighted by molar-refractivity contribution is 5.97. The summed E-state index contributed by atoms with van der Waals surface area (Å²) < 4.78 is 13.4. The van der Waals surface area contributed by atoms with Gasteiger partial charge in [-0.1, -0.05) is 6.07 Å². The number of aromatic hydroxyl groups is 1. The van der Waals surface area contributed by atoms with Crippen molar-refractivity contribution in [3.63, 3.8) is 0 Å². The lowest BCUT2D eigenvalue weighted by molar-refractivity contribution is 0.0740. The summed E-state index contributed by atoms with van der Waals surface area (Å²) in [5, 5.41) is 9.45. The molecule has 1 amide bonds. The monoisotopic (exact) mass is 226 g/mol. The first-order valence-electron chi connectivity index (χ1n) is 4.93. The lowest BCUT2D eigenvalue weighted by Crippen LogP contribution is -2.40. The molecule has 16 heavy (non-hydrogen) atoms. The second kappa shape index (κ2) is 4.94. The Kier molecular flexibility index (Phi) is 3.84. The van der Waals surface area contributed by atoms with E-state index in [0.29, 0.717) is 0 Å². The lowest BCUT2D eigenvalue weighted by atomic mass is 10.1. The third-order valence-electron chi connectivity index (χ3n) is 2.53. The van der Waals surface area contributed by atoms with Crippen molar-refractivity contribution in [1.82, 2.24) is 4.90 Å². The van der Waals surface area contributed by atoms with Crippen molar-refractivity contribution in [2.24, 2.45) is 5.73 Å². The van der Waals surface area contributed by atoms with Gasteiger partial charge < -0.3 is 15.7 Å². The second-order valence-electron chi connectivity index (χ2n) is 3.63. The molecular formula is C11H15FN2O2. The Labute approximate surface area is 93.5 Å². The van der Waals surface area contributed by atoms with Crippen molar-refractivity contribution in [2.45, 2.75) is 13.0 Å². The predicted octanol–water partition coefficient (Wildman–Crippen LogP) is 0.950. The molecule has 5 heteroatoms. The van der Waals surface area contributed by atoms with Crippen molar-refractivity contribution < 1.29 is 14.3 Å². The Morgan fingerprint density at radius 3 is 2.75 bits per heavy atom. The summed E-state index contributed by atoms with van der Waals surface area (Å²) in [6.07, 6.45) is 0. The van der Waals surface area contributed by atoms with Crippen molar-refractivity contribution >= 4 is 5.91 Å². The summed E-state index contributed by atoms with van der Waals surface area (Å²) in [6.45, 7) is 2.02. The molecule has 1 unspecified atom stereocenters. The molecule has 0 fully saturated rings. The first kappa shape index (κ1) is 12.4. The maximum Gasteiger partial charge on any atom is 0.260 e. The maximum absolute atomic E-state index is 13.4. The highest BCUT2D eigenvalue weighted by Crippen LogP contribution is 2.21. The molecule has 0 saturated carbocycles. The van der Waals surface area contributed by atoms with E-state index in [-0.39, 0.29) is 23.9 Å². The highest BCUT2D eigenvalue weighted by Gasteiger charge is 2.22. The lowest BCUT2D eigenvalue weighted by Gasteiger charge is -2.24. The number of nitrogens with two attached hydrogens (primary N) is 1. The topological polar surface area (TPSA) is 66.6 Å². The Balaban J connectivity index is 3.05. The number of carbonyl (C=O) groups excluding carboxylic acids is 1. The predicted molar refractivity (Wildman–Crippen MR) is 58.7 cm³/mol. The summed E-state index contributed by atoms with van der Waals surface area (Å²) in [5.74, 6) is -1.67. The van der Waals surface area contributed by atoms with Crippen LogP contribution in [0, 0.1) is 5.82 Å².